The molecule has 0 bridgehead atoms. The van der Waals surface area contributed by atoms with E-state index in [0.717, 1.165) is 11.1 Å². The molecule has 172 valence electrons. The molecule has 0 saturated heterocycles. The topological polar surface area (TPSA) is 123 Å². The molecule has 0 fully saturated rings. The smallest absolute Gasteiger partial charge is 0.243 e. The Labute approximate surface area is 202 Å². The van der Waals surface area contributed by atoms with Crippen molar-refractivity contribution in [2.24, 2.45) is 5.73 Å². The fraction of sp³-hybridized carbons (Fsp3) is 0.208. The zero-order valence-corrected chi connectivity index (χ0v) is 19.5. The quantitative estimate of drug-likeness (QED) is 0.389. The predicted molar refractivity (Wildman–Crippen MR) is 131 cm³/mol. The standard InChI is InChI=1S/C24H25Cl2N5O2/c1-14-17(8-10-21(27)30-14)13-29-23(32)20(12-15-7-9-18(25)19(26)11-15)31-24(33)22(28)16-5-3-2-4-6-16/h2-11,20,22H,12-13,28H2,1H3,(H2,27,30)(H,29,32)(H,31,33)/t20-,22+/m1/s1. The van der Waals surface area contributed by atoms with Crippen molar-refractivity contribution < 1.29 is 9.59 Å². The summed E-state index contributed by atoms with van der Waals surface area (Å²) < 4.78 is 0. The van der Waals surface area contributed by atoms with E-state index in [9.17, 15) is 9.59 Å². The summed E-state index contributed by atoms with van der Waals surface area (Å²) in [4.78, 5) is 30.1. The summed E-state index contributed by atoms with van der Waals surface area (Å²) in [6, 6.07) is 15.7. The molecule has 3 rings (SSSR count). The Bertz CT molecular complexity index is 1140. The SMILES string of the molecule is Cc1nc(N)ccc1CNC(=O)[C@@H](Cc1ccc(Cl)c(Cl)c1)NC(=O)[C@@H](N)c1ccccc1. The fourth-order valence-corrected chi connectivity index (χ4v) is 3.61. The number of amides is 2. The highest BCUT2D eigenvalue weighted by atomic mass is 35.5. The van der Waals surface area contributed by atoms with Crippen LogP contribution in [0.4, 0.5) is 5.82 Å². The van der Waals surface area contributed by atoms with E-state index in [0.29, 0.717) is 27.1 Å². The van der Waals surface area contributed by atoms with E-state index in [4.69, 9.17) is 34.7 Å². The highest BCUT2D eigenvalue weighted by molar-refractivity contribution is 6.42. The second-order valence-electron chi connectivity index (χ2n) is 7.60. The minimum Gasteiger partial charge on any atom is -0.384 e. The third-order valence-corrected chi connectivity index (χ3v) is 5.91. The lowest BCUT2D eigenvalue weighted by Crippen LogP contribution is -2.50. The van der Waals surface area contributed by atoms with Crippen molar-refractivity contribution in [2.75, 3.05) is 5.73 Å². The van der Waals surface area contributed by atoms with Gasteiger partial charge in [0.1, 0.15) is 17.9 Å². The summed E-state index contributed by atoms with van der Waals surface area (Å²) in [5.74, 6) is -0.431. The number of carbonyl (C=O) groups is 2. The zero-order chi connectivity index (χ0) is 24.0. The molecule has 6 N–H and O–H groups in total. The maximum atomic E-state index is 13.1. The number of pyridine rings is 1. The van der Waals surface area contributed by atoms with E-state index in [1.54, 1.807) is 54.6 Å². The Hall–Kier alpha value is -3.13. The van der Waals surface area contributed by atoms with E-state index in [-0.39, 0.29) is 18.9 Å². The summed E-state index contributed by atoms with van der Waals surface area (Å²) in [5, 5.41) is 6.40. The molecular weight excluding hydrogens is 461 g/mol. The van der Waals surface area contributed by atoms with Crippen molar-refractivity contribution in [3.05, 3.63) is 93.1 Å². The summed E-state index contributed by atoms with van der Waals surface area (Å²) in [5.41, 5.74) is 14.7. The van der Waals surface area contributed by atoms with Gasteiger partial charge in [0.05, 0.1) is 10.0 Å². The molecule has 0 aliphatic carbocycles. The number of halogens is 2. The first-order valence-corrected chi connectivity index (χ1v) is 11.0. The van der Waals surface area contributed by atoms with Gasteiger partial charge in [-0.3, -0.25) is 9.59 Å². The summed E-state index contributed by atoms with van der Waals surface area (Å²) >= 11 is 12.1. The lowest BCUT2D eigenvalue weighted by atomic mass is 10.0. The van der Waals surface area contributed by atoms with Crippen LogP contribution in [-0.2, 0) is 22.6 Å². The van der Waals surface area contributed by atoms with Crippen LogP contribution in [-0.4, -0.2) is 22.8 Å². The first kappa shape index (κ1) is 24.5. The van der Waals surface area contributed by atoms with Crippen molar-refractivity contribution in [3.63, 3.8) is 0 Å². The van der Waals surface area contributed by atoms with Gasteiger partial charge in [-0.05, 0) is 41.8 Å². The minimum absolute atomic E-state index is 0.203. The van der Waals surface area contributed by atoms with Gasteiger partial charge in [0, 0.05) is 18.7 Å². The zero-order valence-electron chi connectivity index (χ0n) is 18.0. The van der Waals surface area contributed by atoms with E-state index in [2.05, 4.69) is 15.6 Å². The van der Waals surface area contributed by atoms with Crippen molar-refractivity contribution in [2.45, 2.75) is 32.0 Å². The average molecular weight is 486 g/mol. The first-order chi connectivity index (χ1) is 15.7. The van der Waals surface area contributed by atoms with Crippen molar-refractivity contribution in [1.82, 2.24) is 15.6 Å². The molecule has 3 aromatic rings. The number of carbonyl (C=O) groups excluding carboxylic acids is 2. The number of anilines is 1. The number of rotatable bonds is 8. The molecule has 33 heavy (non-hydrogen) atoms. The number of aryl methyl sites for hydroxylation is 1. The van der Waals surface area contributed by atoms with E-state index in [1.165, 1.54) is 0 Å². The van der Waals surface area contributed by atoms with Crippen LogP contribution in [0, 0.1) is 6.92 Å². The summed E-state index contributed by atoms with van der Waals surface area (Å²) in [7, 11) is 0. The average Bonchev–Trinajstić information content (AvgIpc) is 2.80. The first-order valence-electron chi connectivity index (χ1n) is 10.3. The van der Waals surface area contributed by atoms with Crippen molar-refractivity contribution in [1.29, 1.82) is 0 Å². The molecule has 2 amide bonds. The largest absolute Gasteiger partial charge is 0.384 e. The molecule has 2 aromatic carbocycles. The van der Waals surface area contributed by atoms with Gasteiger partial charge in [-0.25, -0.2) is 4.98 Å². The molecule has 0 radical (unpaired) electrons. The van der Waals surface area contributed by atoms with Crippen LogP contribution >= 0.6 is 23.2 Å². The molecule has 0 saturated carbocycles. The number of nitrogens with two attached hydrogens (primary N) is 2. The normalized spacial score (nSPS) is 12.6. The molecule has 1 heterocycles. The molecule has 0 aliphatic heterocycles. The number of nitrogens with zero attached hydrogens (tertiary/aromatic N) is 1. The van der Waals surface area contributed by atoms with Gasteiger partial charge in [0.25, 0.3) is 0 Å². The van der Waals surface area contributed by atoms with Gasteiger partial charge in [0.15, 0.2) is 0 Å². The van der Waals surface area contributed by atoms with Crippen LogP contribution in [0.5, 0.6) is 0 Å². The highest BCUT2D eigenvalue weighted by Gasteiger charge is 2.25. The molecule has 7 nitrogen and oxygen atoms in total. The number of hydrogen-bond donors (Lipinski definition) is 4. The lowest BCUT2D eigenvalue weighted by molar-refractivity contribution is -0.129. The van der Waals surface area contributed by atoms with Crippen LogP contribution < -0.4 is 22.1 Å². The number of hydrogen-bond acceptors (Lipinski definition) is 5. The van der Waals surface area contributed by atoms with Gasteiger partial charge >= 0.3 is 0 Å². The van der Waals surface area contributed by atoms with Gasteiger partial charge < -0.3 is 22.1 Å². The molecular formula is C24H25Cl2N5O2. The second kappa shape index (κ2) is 11.1. The Balaban J connectivity index is 1.76. The molecule has 9 heteroatoms. The summed E-state index contributed by atoms with van der Waals surface area (Å²) in [6.07, 6.45) is 0.203. The minimum atomic E-state index is -0.918. The van der Waals surface area contributed by atoms with Gasteiger partial charge in [0.2, 0.25) is 11.8 Å². The predicted octanol–water partition coefficient (Wildman–Crippen LogP) is 3.32. The second-order valence-corrected chi connectivity index (χ2v) is 8.41. The van der Waals surface area contributed by atoms with E-state index in [1.807, 2.05) is 13.0 Å². The Kier molecular flexibility index (Phi) is 8.27. The third kappa shape index (κ3) is 6.68. The molecule has 2 atom stereocenters. The maximum Gasteiger partial charge on any atom is 0.243 e. The maximum absolute atomic E-state index is 13.1. The van der Waals surface area contributed by atoms with E-state index >= 15 is 0 Å². The van der Waals surface area contributed by atoms with Crippen LogP contribution in [0.3, 0.4) is 0 Å². The van der Waals surface area contributed by atoms with Gasteiger partial charge in [-0.2, -0.15) is 0 Å². The van der Waals surface area contributed by atoms with Gasteiger partial charge in [-0.15, -0.1) is 0 Å². The van der Waals surface area contributed by atoms with Gasteiger partial charge in [-0.1, -0.05) is 65.7 Å². The molecule has 0 aliphatic rings. The van der Waals surface area contributed by atoms with Crippen LogP contribution in [0.15, 0.2) is 60.7 Å². The number of nitrogen functional groups attached to an aromatic ring is 1. The number of benzene rings is 2. The summed E-state index contributed by atoms with van der Waals surface area (Å²) in [6.45, 7) is 2.04. The Morgan fingerprint density at radius 1 is 1.00 bits per heavy atom. The Morgan fingerprint density at radius 3 is 2.39 bits per heavy atom. The number of nitrogens with one attached hydrogen (secondary N) is 2. The van der Waals surface area contributed by atoms with Crippen molar-refractivity contribution in [3.8, 4) is 0 Å². The molecule has 1 aromatic heterocycles. The Morgan fingerprint density at radius 2 is 1.73 bits per heavy atom. The van der Waals surface area contributed by atoms with Crippen molar-refractivity contribution >= 4 is 40.8 Å². The number of aromatic nitrogens is 1. The van der Waals surface area contributed by atoms with Crippen LogP contribution in [0.25, 0.3) is 0 Å². The molecule has 0 unspecified atom stereocenters. The van der Waals surface area contributed by atoms with Crippen LogP contribution in [0.2, 0.25) is 10.0 Å². The van der Waals surface area contributed by atoms with Crippen LogP contribution in [0.1, 0.15) is 28.4 Å². The fourth-order valence-electron chi connectivity index (χ4n) is 3.29. The third-order valence-electron chi connectivity index (χ3n) is 5.17. The highest BCUT2D eigenvalue weighted by Crippen LogP contribution is 2.23. The molecule has 0 spiro atoms. The van der Waals surface area contributed by atoms with E-state index < -0.39 is 18.0 Å². The lowest BCUT2D eigenvalue weighted by Gasteiger charge is -2.21. The monoisotopic (exact) mass is 485 g/mol.